The first kappa shape index (κ1) is 14.5. The molecule has 1 N–H and O–H groups in total. The minimum absolute atomic E-state index is 0.0292. The molecule has 1 amide bonds. The molecule has 0 radical (unpaired) electrons. The minimum atomic E-state index is 0.0292. The Kier molecular flexibility index (Phi) is 4.52. The second-order valence-corrected chi connectivity index (χ2v) is 6.26. The van der Waals surface area contributed by atoms with Crippen LogP contribution in [-0.4, -0.2) is 59.1 Å². The summed E-state index contributed by atoms with van der Waals surface area (Å²) < 4.78 is 7.27. The van der Waals surface area contributed by atoms with E-state index in [0.29, 0.717) is 6.42 Å². The highest BCUT2D eigenvalue weighted by Gasteiger charge is 2.16. The van der Waals surface area contributed by atoms with Gasteiger partial charge in [0.05, 0.1) is 25.3 Å². The first-order valence-electron chi connectivity index (χ1n) is 7.21. The molecule has 1 aliphatic heterocycles. The van der Waals surface area contributed by atoms with Crippen molar-refractivity contribution in [3.05, 3.63) is 23.5 Å². The van der Waals surface area contributed by atoms with Crippen LogP contribution in [0.2, 0.25) is 0 Å². The number of thiazole rings is 1. The first-order valence-corrected chi connectivity index (χ1v) is 8.09. The number of carbonyl (C=O) groups is 1. The van der Waals surface area contributed by atoms with Crippen LogP contribution in [0.3, 0.4) is 0 Å². The van der Waals surface area contributed by atoms with Gasteiger partial charge >= 0.3 is 0 Å². The maximum atomic E-state index is 12.1. The number of rotatable bonds is 5. The lowest BCUT2D eigenvalue weighted by atomic mass is 10.2. The second kappa shape index (κ2) is 6.55. The van der Waals surface area contributed by atoms with Crippen molar-refractivity contribution in [1.29, 1.82) is 0 Å². The third-order valence-electron chi connectivity index (χ3n) is 3.53. The van der Waals surface area contributed by atoms with Gasteiger partial charge in [-0.15, -0.1) is 11.3 Å². The van der Waals surface area contributed by atoms with Crippen LogP contribution in [0.15, 0.2) is 17.8 Å². The lowest BCUT2D eigenvalue weighted by Crippen LogP contribution is -2.46. The number of morpholine rings is 1. The van der Waals surface area contributed by atoms with Crippen molar-refractivity contribution in [3.8, 4) is 0 Å². The molecule has 1 atom stereocenters. The average Bonchev–Trinajstić information content (AvgIpc) is 3.00. The molecule has 0 spiro atoms. The number of amides is 1. The van der Waals surface area contributed by atoms with Gasteiger partial charge in [-0.25, -0.2) is 4.98 Å². The number of nitrogens with zero attached hydrogens (tertiary/aromatic N) is 3. The summed E-state index contributed by atoms with van der Waals surface area (Å²) in [4.78, 5) is 19.7. The Labute approximate surface area is 127 Å². The molecule has 3 rings (SSSR count). The van der Waals surface area contributed by atoms with Gasteiger partial charge in [-0.05, 0) is 6.92 Å². The van der Waals surface area contributed by atoms with E-state index in [-0.39, 0.29) is 11.9 Å². The van der Waals surface area contributed by atoms with E-state index in [2.05, 4.69) is 15.2 Å². The van der Waals surface area contributed by atoms with Gasteiger partial charge in [-0.2, -0.15) is 0 Å². The molecule has 0 aromatic carbocycles. The van der Waals surface area contributed by atoms with Crippen molar-refractivity contribution in [1.82, 2.24) is 19.6 Å². The summed E-state index contributed by atoms with van der Waals surface area (Å²) in [5.41, 5.74) is 0.818. The van der Waals surface area contributed by atoms with E-state index in [4.69, 9.17) is 4.74 Å². The molecule has 0 saturated carbocycles. The van der Waals surface area contributed by atoms with Crippen molar-refractivity contribution in [3.63, 3.8) is 0 Å². The Morgan fingerprint density at radius 3 is 3.10 bits per heavy atom. The zero-order valence-electron chi connectivity index (χ0n) is 12.1. The van der Waals surface area contributed by atoms with E-state index in [1.807, 2.05) is 29.1 Å². The number of aromatic nitrogens is 2. The summed E-state index contributed by atoms with van der Waals surface area (Å²) in [5.74, 6) is 0.0292. The van der Waals surface area contributed by atoms with Gasteiger partial charge in [0.1, 0.15) is 0 Å². The van der Waals surface area contributed by atoms with Crippen molar-refractivity contribution >= 4 is 22.2 Å². The molecule has 0 bridgehead atoms. The summed E-state index contributed by atoms with van der Waals surface area (Å²) in [6.07, 6.45) is 4.20. The number of imidazole rings is 1. The summed E-state index contributed by atoms with van der Waals surface area (Å²) in [7, 11) is 0. The quantitative estimate of drug-likeness (QED) is 0.886. The summed E-state index contributed by atoms with van der Waals surface area (Å²) in [5, 5.41) is 5.03. The number of hydrogen-bond donors (Lipinski definition) is 1. The minimum Gasteiger partial charge on any atom is -0.379 e. The number of nitrogens with one attached hydrogen (secondary N) is 1. The average molecular weight is 308 g/mol. The number of ether oxygens (including phenoxy) is 1. The molecule has 0 aliphatic carbocycles. The second-order valence-electron chi connectivity index (χ2n) is 5.38. The highest BCUT2D eigenvalue weighted by molar-refractivity contribution is 7.15. The third-order valence-corrected chi connectivity index (χ3v) is 4.30. The molecule has 7 heteroatoms. The van der Waals surface area contributed by atoms with Gasteiger partial charge in [0.2, 0.25) is 5.91 Å². The molecular formula is C14H20N4O2S. The van der Waals surface area contributed by atoms with Gasteiger partial charge in [-0.1, -0.05) is 0 Å². The van der Waals surface area contributed by atoms with Crippen molar-refractivity contribution in [2.24, 2.45) is 0 Å². The Hall–Kier alpha value is -1.44. The Bertz CT molecular complexity index is 574. The smallest absolute Gasteiger partial charge is 0.226 e. The lowest BCUT2D eigenvalue weighted by molar-refractivity contribution is -0.121. The highest BCUT2D eigenvalue weighted by Crippen LogP contribution is 2.11. The van der Waals surface area contributed by atoms with E-state index >= 15 is 0 Å². The number of carbonyl (C=O) groups excluding carboxylic acids is 1. The number of fused-ring (bicyclic) bond motifs is 1. The van der Waals surface area contributed by atoms with Gasteiger partial charge < -0.3 is 10.1 Å². The fourth-order valence-corrected chi connectivity index (χ4v) is 3.29. The summed E-state index contributed by atoms with van der Waals surface area (Å²) in [6.45, 7) is 6.36. The van der Waals surface area contributed by atoms with Crippen LogP contribution >= 0.6 is 11.3 Å². The molecule has 3 heterocycles. The SMILES string of the molecule is C[C@H](CN1CCOCC1)NC(=O)Cc1cn2ccsc2n1. The van der Waals surface area contributed by atoms with Gasteiger partial charge in [-0.3, -0.25) is 14.1 Å². The fourth-order valence-electron chi connectivity index (χ4n) is 2.57. The third kappa shape index (κ3) is 3.81. The Morgan fingerprint density at radius 2 is 2.33 bits per heavy atom. The van der Waals surface area contributed by atoms with Gasteiger partial charge in [0.15, 0.2) is 4.96 Å². The van der Waals surface area contributed by atoms with Crippen LogP contribution in [-0.2, 0) is 16.0 Å². The molecule has 6 nitrogen and oxygen atoms in total. The monoisotopic (exact) mass is 308 g/mol. The molecule has 0 unspecified atom stereocenters. The molecule has 1 aliphatic rings. The highest BCUT2D eigenvalue weighted by atomic mass is 32.1. The van der Waals surface area contributed by atoms with E-state index in [9.17, 15) is 4.79 Å². The fraction of sp³-hybridized carbons (Fsp3) is 0.571. The Balaban J connectivity index is 1.47. The van der Waals surface area contributed by atoms with Crippen LogP contribution in [0.5, 0.6) is 0 Å². The largest absolute Gasteiger partial charge is 0.379 e. The zero-order valence-corrected chi connectivity index (χ0v) is 12.9. The molecule has 1 saturated heterocycles. The first-order chi connectivity index (χ1) is 10.2. The molecule has 2 aromatic heterocycles. The molecule has 2 aromatic rings. The maximum absolute atomic E-state index is 12.1. The molecular weight excluding hydrogens is 288 g/mol. The van der Waals surface area contributed by atoms with E-state index < -0.39 is 0 Å². The summed E-state index contributed by atoms with van der Waals surface area (Å²) in [6, 6.07) is 0.138. The van der Waals surface area contributed by atoms with Crippen molar-refractivity contribution < 1.29 is 9.53 Å². The van der Waals surface area contributed by atoms with Gasteiger partial charge in [0, 0.05) is 43.4 Å². The molecule has 21 heavy (non-hydrogen) atoms. The van der Waals surface area contributed by atoms with Crippen LogP contribution in [0.25, 0.3) is 4.96 Å². The maximum Gasteiger partial charge on any atom is 0.226 e. The zero-order chi connectivity index (χ0) is 14.7. The van der Waals surface area contributed by atoms with E-state index in [1.165, 1.54) is 0 Å². The predicted octanol–water partition coefficient (Wildman–Crippen LogP) is 0.775. The van der Waals surface area contributed by atoms with Gasteiger partial charge in [0.25, 0.3) is 0 Å². The predicted molar refractivity (Wildman–Crippen MR) is 81.6 cm³/mol. The van der Waals surface area contributed by atoms with Crippen LogP contribution < -0.4 is 5.32 Å². The standard InChI is InChI=1S/C14H20N4O2S/c1-11(9-17-2-5-20-6-3-17)15-13(19)8-12-10-18-4-7-21-14(18)16-12/h4,7,10-11H,2-3,5-6,8-9H2,1H3,(H,15,19)/t11-/m1/s1. The lowest BCUT2D eigenvalue weighted by Gasteiger charge is -2.29. The summed E-state index contributed by atoms with van der Waals surface area (Å²) >= 11 is 1.57. The normalized spacial score (nSPS) is 18.0. The van der Waals surface area contributed by atoms with Crippen LogP contribution in [0.4, 0.5) is 0 Å². The number of hydrogen-bond acceptors (Lipinski definition) is 5. The van der Waals surface area contributed by atoms with E-state index in [0.717, 1.165) is 43.5 Å². The van der Waals surface area contributed by atoms with Crippen molar-refractivity contribution in [2.45, 2.75) is 19.4 Å². The van der Waals surface area contributed by atoms with E-state index in [1.54, 1.807) is 11.3 Å². The van der Waals surface area contributed by atoms with Crippen LogP contribution in [0.1, 0.15) is 12.6 Å². The molecule has 114 valence electrons. The topological polar surface area (TPSA) is 58.9 Å². The Morgan fingerprint density at radius 1 is 1.52 bits per heavy atom. The van der Waals surface area contributed by atoms with Crippen LogP contribution in [0, 0.1) is 0 Å². The van der Waals surface area contributed by atoms with Crippen molar-refractivity contribution in [2.75, 3.05) is 32.8 Å². The molecule has 1 fully saturated rings.